The molecule has 0 unspecified atom stereocenters. The number of nitrogens with one attached hydrogen (secondary N) is 2. The number of carbonyl (C=O) groups is 2. The molecule has 0 saturated heterocycles. The van der Waals surface area contributed by atoms with Gasteiger partial charge in [0.2, 0.25) is 5.91 Å². The molecule has 8 heteroatoms. The molecule has 2 amide bonds. The van der Waals surface area contributed by atoms with Crippen molar-refractivity contribution in [2.24, 2.45) is 0 Å². The Bertz CT molecular complexity index is 1130. The number of carbonyl (C=O) groups excluding carboxylic acids is 2. The monoisotopic (exact) mass is 491 g/mol. The standard InChI is InChI=1S/C27H29N3O4S/c1-30(2)25(31)16-13-20-11-14-22(15-12-20)28-27(35)29-26(32)21-7-6-10-24(19-21)34-18-17-33-23-8-4-3-5-9-23/h3-12,14-15,19H,13,16-18H2,1-2H3,(H2,28,29,32,35). The van der Waals surface area contributed by atoms with Crippen molar-refractivity contribution in [3.8, 4) is 11.5 Å². The highest BCUT2D eigenvalue weighted by Crippen LogP contribution is 2.15. The second-order valence-corrected chi connectivity index (χ2v) is 8.34. The lowest BCUT2D eigenvalue weighted by Crippen LogP contribution is -2.34. The Labute approximate surface area is 211 Å². The zero-order valence-electron chi connectivity index (χ0n) is 19.8. The van der Waals surface area contributed by atoms with Crippen molar-refractivity contribution in [2.75, 3.05) is 32.6 Å². The Morgan fingerprint density at radius 3 is 2.20 bits per heavy atom. The van der Waals surface area contributed by atoms with Crippen LogP contribution in [0.1, 0.15) is 22.3 Å². The van der Waals surface area contributed by atoms with E-state index >= 15 is 0 Å². The quantitative estimate of drug-likeness (QED) is 0.325. The predicted molar refractivity (Wildman–Crippen MR) is 141 cm³/mol. The molecule has 3 aromatic rings. The topological polar surface area (TPSA) is 79.9 Å². The second-order valence-electron chi connectivity index (χ2n) is 7.93. The zero-order valence-corrected chi connectivity index (χ0v) is 20.6. The summed E-state index contributed by atoms with van der Waals surface area (Å²) < 4.78 is 11.3. The minimum absolute atomic E-state index is 0.0890. The number of amides is 2. The van der Waals surface area contributed by atoms with E-state index in [0.29, 0.717) is 37.4 Å². The Morgan fingerprint density at radius 1 is 0.857 bits per heavy atom. The summed E-state index contributed by atoms with van der Waals surface area (Å²) in [5.74, 6) is 1.09. The van der Waals surface area contributed by atoms with Gasteiger partial charge in [-0.25, -0.2) is 0 Å². The molecule has 0 saturated carbocycles. The molecule has 3 rings (SSSR count). The number of para-hydroxylation sites is 1. The van der Waals surface area contributed by atoms with Crippen molar-refractivity contribution in [1.29, 1.82) is 0 Å². The zero-order chi connectivity index (χ0) is 25.0. The van der Waals surface area contributed by atoms with E-state index in [1.54, 1.807) is 43.3 Å². The summed E-state index contributed by atoms with van der Waals surface area (Å²) in [6.45, 7) is 0.735. The Morgan fingerprint density at radius 2 is 1.51 bits per heavy atom. The fourth-order valence-corrected chi connectivity index (χ4v) is 3.34. The Balaban J connectivity index is 1.44. The van der Waals surface area contributed by atoms with Gasteiger partial charge < -0.3 is 19.7 Å². The van der Waals surface area contributed by atoms with Crippen LogP contribution in [0.3, 0.4) is 0 Å². The van der Waals surface area contributed by atoms with Crippen molar-refractivity contribution in [3.63, 3.8) is 0 Å². The van der Waals surface area contributed by atoms with Crippen LogP contribution in [0.2, 0.25) is 0 Å². The minimum atomic E-state index is -0.340. The van der Waals surface area contributed by atoms with Crippen molar-refractivity contribution >= 4 is 34.8 Å². The molecular formula is C27H29N3O4S. The van der Waals surface area contributed by atoms with Crippen LogP contribution >= 0.6 is 12.2 Å². The Hall–Kier alpha value is -3.91. The molecule has 7 nitrogen and oxygen atoms in total. The maximum atomic E-state index is 12.6. The molecule has 0 aliphatic carbocycles. The van der Waals surface area contributed by atoms with Crippen LogP contribution in [-0.4, -0.2) is 49.1 Å². The molecular weight excluding hydrogens is 462 g/mol. The fraction of sp³-hybridized carbons (Fsp3) is 0.222. The SMILES string of the molecule is CN(C)C(=O)CCc1ccc(NC(=S)NC(=O)c2cccc(OCCOc3ccccc3)c2)cc1. The molecule has 0 heterocycles. The predicted octanol–water partition coefficient (Wildman–Crippen LogP) is 4.29. The van der Waals surface area contributed by atoms with E-state index in [4.69, 9.17) is 21.7 Å². The van der Waals surface area contributed by atoms with Crippen LogP contribution in [0.5, 0.6) is 11.5 Å². The van der Waals surface area contributed by atoms with E-state index < -0.39 is 0 Å². The molecule has 182 valence electrons. The highest BCUT2D eigenvalue weighted by atomic mass is 32.1. The number of hydrogen-bond acceptors (Lipinski definition) is 5. The number of ether oxygens (including phenoxy) is 2. The highest BCUT2D eigenvalue weighted by Gasteiger charge is 2.10. The van der Waals surface area contributed by atoms with Crippen molar-refractivity contribution in [3.05, 3.63) is 90.0 Å². The summed E-state index contributed by atoms with van der Waals surface area (Å²) in [6, 6.07) is 24.0. The summed E-state index contributed by atoms with van der Waals surface area (Å²) in [4.78, 5) is 25.9. The van der Waals surface area contributed by atoms with E-state index in [1.165, 1.54) is 0 Å². The average molecular weight is 492 g/mol. The van der Waals surface area contributed by atoms with E-state index in [2.05, 4.69) is 10.6 Å². The van der Waals surface area contributed by atoms with Crippen LogP contribution in [0.25, 0.3) is 0 Å². The first-order valence-corrected chi connectivity index (χ1v) is 11.6. The molecule has 0 radical (unpaired) electrons. The van der Waals surface area contributed by atoms with E-state index in [0.717, 1.165) is 17.0 Å². The molecule has 35 heavy (non-hydrogen) atoms. The van der Waals surface area contributed by atoms with Gasteiger partial charge in [-0.1, -0.05) is 36.4 Å². The fourth-order valence-electron chi connectivity index (χ4n) is 3.13. The molecule has 0 atom stereocenters. The minimum Gasteiger partial charge on any atom is -0.490 e. The van der Waals surface area contributed by atoms with Gasteiger partial charge in [-0.15, -0.1) is 0 Å². The third-order valence-corrected chi connectivity index (χ3v) is 5.23. The summed E-state index contributed by atoms with van der Waals surface area (Å²) in [7, 11) is 3.49. The average Bonchev–Trinajstić information content (AvgIpc) is 2.86. The van der Waals surface area contributed by atoms with Gasteiger partial charge in [-0.2, -0.15) is 0 Å². The number of nitrogens with zero attached hydrogens (tertiary/aromatic N) is 1. The highest BCUT2D eigenvalue weighted by molar-refractivity contribution is 7.80. The third-order valence-electron chi connectivity index (χ3n) is 5.03. The lowest BCUT2D eigenvalue weighted by Gasteiger charge is -2.12. The van der Waals surface area contributed by atoms with E-state index in [1.807, 2.05) is 54.6 Å². The first-order valence-electron chi connectivity index (χ1n) is 11.2. The number of aryl methyl sites for hydroxylation is 1. The summed E-state index contributed by atoms with van der Waals surface area (Å²) >= 11 is 5.28. The van der Waals surface area contributed by atoms with Crippen LogP contribution < -0.4 is 20.1 Å². The van der Waals surface area contributed by atoms with Gasteiger partial charge in [0.25, 0.3) is 5.91 Å². The van der Waals surface area contributed by atoms with Crippen LogP contribution in [0.15, 0.2) is 78.9 Å². The second kappa shape index (κ2) is 13.1. The van der Waals surface area contributed by atoms with Gasteiger partial charge in [-0.3, -0.25) is 14.9 Å². The molecule has 0 aromatic heterocycles. The number of thiocarbonyl (C=S) groups is 1. The smallest absolute Gasteiger partial charge is 0.257 e. The molecule has 2 N–H and O–H groups in total. The normalized spacial score (nSPS) is 10.2. The third kappa shape index (κ3) is 8.75. The first-order chi connectivity index (χ1) is 16.9. The van der Waals surface area contributed by atoms with Crippen molar-refractivity contribution in [1.82, 2.24) is 10.2 Å². The molecule has 3 aromatic carbocycles. The number of hydrogen-bond donors (Lipinski definition) is 2. The lowest BCUT2D eigenvalue weighted by atomic mass is 10.1. The Kier molecular flexibility index (Phi) is 9.62. The van der Waals surface area contributed by atoms with Gasteiger partial charge in [0.1, 0.15) is 24.7 Å². The van der Waals surface area contributed by atoms with Crippen molar-refractivity contribution in [2.45, 2.75) is 12.8 Å². The van der Waals surface area contributed by atoms with Gasteiger partial charge in [0.05, 0.1) is 0 Å². The summed E-state index contributed by atoms with van der Waals surface area (Å²) in [5, 5.41) is 5.87. The van der Waals surface area contributed by atoms with Gasteiger partial charge in [0, 0.05) is 31.8 Å². The molecule has 0 fully saturated rings. The molecule has 0 aliphatic rings. The lowest BCUT2D eigenvalue weighted by molar-refractivity contribution is -0.128. The first kappa shape index (κ1) is 25.7. The van der Waals surface area contributed by atoms with Crippen molar-refractivity contribution < 1.29 is 19.1 Å². The van der Waals surface area contributed by atoms with E-state index in [9.17, 15) is 9.59 Å². The largest absolute Gasteiger partial charge is 0.490 e. The van der Waals surface area contributed by atoms with Gasteiger partial charge in [-0.05, 0) is 66.7 Å². The van der Waals surface area contributed by atoms with Crippen LogP contribution in [-0.2, 0) is 11.2 Å². The van der Waals surface area contributed by atoms with E-state index in [-0.39, 0.29) is 16.9 Å². The maximum absolute atomic E-state index is 12.6. The van der Waals surface area contributed by atoms with Gasteiger partial charge >= 0.3 is 0 Å². The summed E-state index contributed by atoms with van der Waals surface area (Å²) in [5.41, 5.74) is 2.22. The summed E-state index contributed by atoms with van der Waals surface area (Å²) in [6.07, 6.45) is 1.12. The number of anilines is 1. The molecule has 0 spiro atoms. The molecule has 0 bridgehead atoms. The number of rotatable bonds is 10. The molecule has 0 aliphatic heterocycles. The van der Waals surface area contributed by atoms with Gasteiger partial charge in [0.15, 0.2) is 5.11 Å². The van der Waals surface area contributed by atoms with Crippen LogP contribution in [0.4, 0.5) is 5.69 Å². The number of benzene rings is 3. The maximum Gasteiger partial charge on any atom is 0.257 e. The van der Waals surface area contributed by atoms with Crippen LogP contribution in [0, 0.1) is 0 Å².